The van der Waals surface area contributed by atoms with Gasteiger partial charge in [0.1, 0.15) is 5.82 Å². The molecule has 1 aliphatic carbocycles. The number of piperazine rings is 1. The van der Waals surface area contributed by atoms with Crippen LogP contribution in [0, 0.1) is 11.7 Å². The van der Waals surface area contributed by atoms with Crippen molar-refractivity contribution in [2.24, 2.45) is 5.92 Å². The zero-order valence-electron chi connectivity index (χ0n) is 17.1. The highest BCUT2D eigenvalue weighted by Crippen LogP contribution is 2.31. The Morgan fingerprint density at radius 1 is 1.07 bits per heavy atom. The summed E-state index contributed by atoms with van der Waals surface area (Å²) in [6, 6.07) is 9.66. The summed E-state index contributed by atoms with van der Waals surface area (Å²) in [5, 5.41) is 2.95. The number of benzene rings is 1. The Hall–Kier alpha value is -2.67. The minimum absolute atomic E-state index is 0.0454. The third-order valence-electron chi connectivity index (χ3n) is 6.25. The van der Waals surface area contributed by atoms with Crippen LogP contribution < -0.4 is 5.32 Å². The third-order valence-corrected chi connectivity index (χ3v) is 6.25. The van der Waals surface area contributed by atoms with Crippen molar-refractivity contribution in [2.75, 3.05) is 26.2 Å². The van der Waals surface area contributed by atoms with E-state index in [1.54, 1.807) is 35.2 Å². The van der Waals surface area contributed by atoms with E-state index in [2.05, 4.69) is 10.2 Å². The van der Waals surface area contributed by atoms with Crippen LogP contribution >= 0.6 is 0 Å². The summed E-state index contributed by atoms with van der Waals surface area (Å²) in [5.41, 5.74) is 0.491. The molecular weight excluding hydrogens is 385 g/mol. The van der Waals surface area contributed by atoms with Crippen molar-refractivity contribution in [2.45, 2.75) is 38.3 Å². The lowest BCUT2D eigenvalue weighted by atomic mass is 9.95. The number of furan rings is 1. The molecule has 1 atom stereocenters. The van der Waals surface area contributed by atoms with Crippen molar-refractivity contribution < 1.29 is 18.4 Å². The molecule has 0 radical (unpaired) electrons. The molecule has 1 aliphatic heterocycles. The van der Waals surface area contributed by atoms with Crippen LogP contribution in [-0.4, -0.2) is 53.8 Å². The van der Waals surface area contributed by atoms with E-state index in [-0.39, 0.29) is 30.2 Å². The maximum absolute atomic E-state index is 13.9. The number of hydrogen-bond donors (Lipinski definition) is 1. The van der Waals surface area contributed by atoms with E-state index in [4.69, 9.17) is 4.42 Å². The van der Waals surface area contributed by atoms with Gasteiger partial charge in [-0.25, -0.2) is 4.39 Å². The highest BCUT2D eigenvalue weighted by molar-refractivity contribution is 5.91. The summed E-state index contributed by atoms with van der Waals surface area (Å²) in [7, 11) is 0. The number of nitrogens with zero attached hydrogens (tertiary/aromatic N) is 2. The first kappa shape index (κ1) is 20.6. The lowest BCUT2D eigenvalue weighted by Crippen LogP contribution is -2.57. The number of carbonyl (C=O) groups is 2. The van der Waals surface area contributed by atoms with E-state index in [0.717, 1.165) is 25.7 Å². The fourth-order valence-electron chi connectivity index (χ4n) is 4.64. The van der Waals surface area contributed by atoms with Gasteiger partial charge < -0.3 is 14.6 Å². The van der Waals surface area contributed by atoms with Crippen LogP contribution in [-0.2, 0) is 11.3 Å². The summed E-state index contributed by atoms with van der Waals surface area (Å²) >= 11 is 0. The van der Waals surface area contributed by atoms with Gasteiger partial charge in [0.25, 0.3) is 5.91 Å². The fourth-order valence-corrected chi connectivity index (χ4v) is 4.64. The topological polar surface area (TPSA) is 65.8 Å². The molecule has 2 amide bonds. The van der Waals surface area contributed by atoms with Crippen molar-refractivity contribution in [1.29, 1.82) is 0 Å². The first-order valence-corrected chi connectivity index (χ1v) is 10.7. The molecular formula is C23H28FN3O3. The monoisotopic (exact) mass is 413 g/mol. The molecule has 1 unspecified atom stereocenters. The van der Waals surface area contributed by atoms with Crippen LogP contribution in [0.15, 0.2) is 47.1 Å². The lowest BCUT2D eigenvalue weighted by molar-refractivity contribution is -0.129. The molecule has 1 saturated heterocycles. The van der Waals surface area contributed by atoms with E-state index >= 15 is 0 Å². The Labute approximate surface area is 176 Å². The average Bonchev–Trinajstić information content (AvgIpc) is 3.48. The van der Waals surface area contributed by atoms with Gasteiger partial charge in [-0.2, -0.15) is 0 Å². The normalized spacial score (nSPS) is 19.0. The van der Waals surface area contributed by atoms with Crippen molar-refractivity contribution in [3.05, 3.63) is 59.8 Å². The van der Waals surface area contributed by atoms with Gasteiger partial charge in [0.15, 0.2) is 5.76 Å². The molecule has 1 N–H and O–H groups in total. The maximum atomic E-state index is 13.9. The molecule has 7 heteroatoms. The molecule has 2 aromatic rings. The van der Waals surface area contributed by atoms with Gasteiger partial charge in [-0.05, 0) is 37.0 Å². The van der Waals surface area contributed by atoms with Crippen LogP contribution in [0.2, 0.25) is 0 Å². The predicted molar refractivity (Wildman–Crippen MR) is 110 cm³/mol. The number of halogens is 1. The lowest BCUT2D eigenvalue weighted by Gasteiger charge is -2.40. The molecule has 1 aromatic heterocycles. The van der Waals surface area contributed by atoms with Gasteiger partial charge in [-0.1, -0.05) is 31.0 Å². The standard InChI is InChI=1S/C23H28FN3O3/c24-19-9-4-3-8-18(19)16-25-22(28)21(17-6-1-2-7-17)26-11-13-27(14-12-26)23(29)20-10-5-15-30-20/h3-5,8-10,15,17,21H,1-2,6-7,11-14,16H2,(H,25,28). The second-order valence-corrected chi connectivity index (χ2v) is 8.10. The van der Waals surface area contributed by atoms with Gasteiger partial charge in [0, 0.05) is 38.3 Å². The first-order chi connectivity index (χ1) is 14.6. The molecule has 1 aromatic carbocycles. The van der Waals surface area contributed by atoms with Crippen molar-refractivity contribution in [3.8, 4) is 0 Å². The smallest absolute Gasteiger partial charge is 0.289 e. The average molecular weight is 413 g/mol. The Morgan fingerprint density at radius 2 is 1.80 bits per heavy atom. The Balaban J connectivity index is 1.39. The highest BCUT2D eigenvalue weighted by Gasteiger charge is 2.37. The molecule has 6 nitrogen and oxygen atoms in total. The Kier molecular flexibility index (Phi) is 6.47. The van der Waals surface area contributed by atoms with Crippen LogP contribution in [0.3, 0.4) is 0 Å². The molecule has 160 valence electrons. The summed E-state index contributed by atoms with van der Waals surface area (Å²) in [6.07, 6.45) is 5.84. The van der Waals surface area contributed by atoms with Crippen LogP contribution in [0.1, 0.15) is 41.8 Å². The second-order valence-electron chi connectivity index (χ2n) is 8.10. The minimum atomic E-state index is -0.305. The zero-order chi connectivity index (χ0) is 20.9. The SMILES string of the molecule is O=C(NCc1ccccc1F)C(C1CCCC1)N1CCN(C(=O)c2ccco2)CC1. The molecule has 0 bridgehead atoms. The van der Waals surface area contributed by atoms with Gasteiger partial charge >= 0.3 is 0 Å². The van der Waals surface area contributed by atoms with Gasteiger partial charge in [-0.3, -0.25) is 14.5 Å². The van der Waals surface area contributed by atoms with Crippen molar-refractivity contribution in [1.82, 2.24) is 15.1 Å². The number of amides is 2. The zero-order valence-corrected chi connectivity index (χ0v) is 17.1. The van der Waals surface area contributed by atoms with E-state index in [0.29, 0.717) is 43.4 Å². The molecule has 1 saturated carbocycles. The predicted octanol–water partition coefficient (Wildman–Crippen LogP) is 3.05. The second kappa shape index (κ2) is 9.43. The number of rotatable bonds is 6. The molecule has 2 heterocycles. The fraction of sp³-hybridized carbons (Fsp3) is 0.478. The molecule has 0 spiro atoms. The number of hydrogen-bond acceptors (Lipinski definition) is 4. The third kappa shape index (κ3) is 4.56. The van der Waals surface area contributed by atoms with E-state index in [1.807, 2.05) is 0 Å². The summed E-state index contributed by atoms with van der Waals surface area (Å²) in [5.74, 6) is 0.189. The number of nitrogens with one attached hydrogen (secondary N) is 1. The van der Waals surface area contributed by atoms with Crippen molar-refractivity contribution in [3.63, 3.8) is 0 Å². The minimum Gasteiger partial charge on any atom is -0.459 e. The van der Waals surface area contributed by atoms with Crippen LogP contribution in [0.4, 0.5) is 4.39 Å². The van der Waals surface area contributed by atoms with E-state index in [1.165, 1.54) is 12.3 Å². The summed E-state index contributed by atoms with van der Waals surface area (Å²) in [6.45, 7) is 2.58. The summed E-state index contributed by atoms with van der Waals surface area (Å²) < 4.78 is 19.2. The van der Waals surface area contributed by atoms with Gasteiger partial charge in [-0.15, -0.1) is 0 Å². The molecule has 4 rings (SSSR count). The van der Waals surface area contributed by atoms with Crippen molar-refractivity contribution >= 4 is 11.8 Å². The van der Waals surface area contributed by atoms with Crippen LogP contribution in [0.25, 0.3) is 0 Å². The van der Waals surface area contributed by atoms with Gasteiger partial charge in [0.2, 0.25) is 5.91 Å². The summed E-state index contributed by atoms with van der Waals surface area (Å²) in [4.78, 5) is 29.6. The maximum Gasteiger partial charge on any atom is 0.289 e. The largest absolute Gasteiger partial charge is 0.459 e. The molecule has 2 aliphatic rings. The molecule has 2 fully saturated rings. The van der Waals surface area contributed by atoms with E-state index in [9.17, 15) is 14.0 Å². The first-order valence-electron chi connectivity index (χ1n) is 10.7. The van der Waals surface area contributed by atoms with Crippen LogP contribution in [0.5, 0.6) is 0 Å². The highest BCUT2D eigenvalue weighted by atomic mass is 19.1. The molecule has 30 heavy (non-hydrogen) atoms. The Bertz CT molecular complexity index is 856. The van der Waals surface area contributed by atoms with E-state index < -0.39 is 0 Å². The number of carbonyl (C=O) groups excluding carboxylic acids is 2. The van der Waals surface area contributed by atoms with Gasteiger partial charge in [0.05, 0.1) is 12.3 Å². The Morgan fingerprint density at radius 3 is 2.47 bits per heavy atom. The quantitative estimate of drug-likeness (QED) is 0.791.